The summed E-state index contributed by atoms with van der Waals surface area (Å²) in [4.78, 5) is 55.6. The molecule has 2 saturated heterocycles. The quantitative estimate of drug-likeness (QED) is 0.0882. The number of hydrogen-bond donors (Lipinski definition) is 1. The molecule has 0 spiro atoms. The van der Waals surface area contributed by atoms with Crippen LogP contribution in [0.2, 0.25) is 0 Å². The molecule has 3 fully saturated rings. The Labute approximate surface area is 326 Å². The first-order valence-electron chi connectivity index (χ1n) is 17.7. The Morgan fingerprint density at radius 1 is 0.800 bits per heavy atom. The van der Waals surface area contributed by atoms with Crippen LogP contribution in [0.4, 0.5) is 15.8 Å². The van der Waals surface area contributed by atoms with Gasteiger partial charge in [-0.25, -0.2) is 9.29 Å². The van der Waals surface area contributed by atoms with Crippen LogP contribution in [-0.4, -0.2) is 52.7 Å². The molecule has 0 unspecified atom stereocenters. The van der Waals surface area contributed by atoms with E-state index in [0.29, 0.717) is 33.9 Å². The summed E-state index contributed by atoms with van der Waals surface area (Å²) in [6.07, 6.45) is 5.61. The fourth-order valence-corrected chi connectivity index (χ4v) is 9.71. The molecule has 4 aliphatic rings. The van der Waals surface area contributed by atoms with Gasteiger partial charge in [0.25, 0.3) is 11.8 Å². The van der Waals surface area contributed by atoms with E-state index in [1.807, 2.05) is 30.4 Å². The largest absolute Gasteiger partial charge is 0.508 e. The zero-order chi connectivity index (χ0) is 39.0. The second-order valence-corrected chi connectivity index (χ2v) is 15.6. The average molecular weight is 782 g/mol. The van der Waals surface area contributed by atoms with Crippen LogP contribution in [0.25, 0.3) is 12.2 Å². The Kier molecular flexibility index (Phi) is 8.89. The summed E-state index contributed by atoms with van der Waals surface area (Å²) in [6.45, 7) is 1.69. The van der Waals surface area contributed by atoms with E-state index in [4.69, 9.17) is 32.7 Å². The van der Waals surface area contributed by atoms with Crippen molar-refractivity contribution in [2.24, 2.45) is 17.8 Å². The zero-order valence-corrected chi connectivity index (χ0v) is 31.5. The summed E-state index contributed by atoms with van der Waals surface area (Å²) < 4.78 is 24.8. The van der Waals surface area contributed by atoms with Crippen molar-refractivity contribution < 1.29 is 38.1 Å². The molecule has 55 heavy (non-hydrogen) atoms. The molecule has 6 atom stereocenters. The molecule has 1 saturated carbocycles. The van der Waals surface area contributed by atoms with Crippen LogP contribution in [-0.2, 0) is 19.2 Å². The number of hydrogen-bond acceptors (Lipinski definition) is 7. The smallest absolute Gasteiger partial charge is 0.258 e. The second kappa shape index (κ2) is 13.4. The molecule has 9 nitrogen and oxygen atoms in total. The number of fused-ring (bicyclic) bond motifs is 4. The number of benzene rings is 4. The molecule has 4 amide bonds. The van der Waals surface area contributed by atoms with Crippen molar-refractivity contribution in [2.75, 3.05) is 24.0 Å². The number of aryl methyl sites for hydroxylation is 1. The lowest BCUT2D eigenvalue weighted by Crippen LogP contribution is -2.60. The number of ether oxygens (including phenoxy) is 2. The molecule has 0 aromatic heterocycles. The highest BCUT2D eigenvalue weighted by atomic mass is 35.5. The molecule has 8 rings (SSSR count). The number of allylic oxidation sites excluding steroid dienone is 2. The summed E-state index contributed by atoms with van der Waals surface area (Å²) in [6, 6.07) is 22.1. The summed E-state index contributed by atoms with van der Waals surface area (Å²) in [5.41, 5.74) is 3.74. The topological polar surface area (TPSA) is 113 Å². The minimum Gasteiger partial charge on any atom is -0.508 e. The zero-order valence-electron chi connectivity index (χ0n) is 30.0. The minimum absolute atomic E-state index is 0.0186. The molecule has 4 aromatic carbocycles. The summed E-state index contributed by atoms with van der Waals surface area (Å²) in [7, 11) is 3.17. The van der Waals surface area contributed by atoms with Crippen molar-refractivity contribution in [1.82, 2.24) is 0 Å². The Morgan fingerprint density at radius 2 is 1.49 bits per heavy atom. The third kappa shape index (κ3) is 5.48. The van der Waals surface area contributed by atoms with Gasteiger partial charge < -0.3 is 14.6 Å². The van der Waals surface area contributed by atoms with Crippen molar-refractivity contribution in [1.29, 1.82) is 0 Å². The van der Waals surface area contributed by atoms with E-state index >= 15 is 0 Å². The van der Waals surface area contributed by atoms with Crippen LogP contribution >= 0.6 is 23.2 Å². The monoisotopic (exact) mass is 780 g/mol. The second-order valence-electron chi connectivity index (χ2n) is 14.3. The fraction of sp³-hybridized carbons (Fsp3) is 0.256. The summed E-state index contributed by atoms with van der Waals surface area (Å²) in [5, 5.41) is 10.4. The lowest BCUT2D eigenvalue weighted by atomic mass is 9.56. The van der Waals surface area contributed by atoms with Gasteiger partial charge in [0.2, 0.25) is 11.8 Å². The number of aromatic hydroxyl groups is 1. The molecule has 2 aliphatic heterocycles. The van der Waals surface area contributed by atoms with Gasteiger partial charge in [0.15, 0.2) is 9.75 Å². The van der Waals surface area contributed by atoms with Crippen molar-refractivity contribution in [3.63, 3.8) is 0 Å². The number of carbonyl (C=O) groups is 4. The van der Waals surface area contributed by atoms with E-state index in [0.717, 1.165) is 28.2 Å². The molecule has 12 heteroatoms. The highest BCUT2D eigenvalue weighted by Crippen LogP contribution is 2.66. The van der Waals surface area contributed by atoms with Gasteiger partial charge in [-0.1, -0.05) is 48.1 Å². The lowest BCUT2D eigenvalue weighted by Gasteiger charge is -2.50. The Balaban J connectivity index is 1.15. The van der Waals surface area contributed by atoms with Crippen LogP contribution in [0.5, 0.6) is 17.2 Å². The molecule has 2 heterocycles. The van der Waals surface area contributed by atoms with E-state index in [1.54, 1.807) is 63.6 Å². The van der Waals surface area contributed by atoms with Gasteiger partial charge >= 0.3 is 0 Å². The lowest BCUT2D eigenvalue weighted by molar-refractivity contribution is -0.125. The number of nitrogens with zero attached hydrogens (tertiary/aromatic N) is 2. The predicted molar refractivity (Wildman–Crippen MR) is 207 cm³/mol. The normalized spacial score (nSPS) is 27.3. The molecule has 0 bridgehead atoms. The standard InChI is InChI=1S/C43H35Cl2FN2O7/c1-23-20-26(8-18-34(23)49)37-31-16-17-32-36(33(31)22-42(44)40(52)48(41(53)43(37,42)45)29-13-9-27(46)10-14-29)39(51)47(38(32)50)28-11-5-24(6-12-28)4-7-25-21-30(54-2)15-19-35(25)55-3/h4-16,18-21,32-33,36-37,49H,17,22H2,1-3H3/t32-,33+,36-,37-,42+,43-/m0/s1. The molecule has 1 N–H and O–H groups in total. The maximum absolute atomic E-state index is 14.5. The Morgan fingerprint density at radius 3 is 2.16 bits per heavy atom. The number of anilines is 2. The van der Waals surface area contributed by atoms with E-state index in [2.05, 4.69) is 0 Å². The van der Waals surface area contributed by atoms with Crippen LogP contribution in [0.1, 0.15) is 41.0 Å². The molecular weight excluding hydrogens is 746 g/mol. The maximum Gasteiger partial charge on any atom is 0.258 e. The predicted octanol–water partition coefficient (Wildman–Crippen LogP) is 7.80. The van der Waals surface area contributed by atoms with Crippen LogP contribution in [0.15, 0.2) is 96.6 Å². The summed E-state index contributed by atoms with van der Waals surface area (Å²) in [5.74, 6) is -4.99. The van der Waals surface area contributed by atoms with Crippen molar-refractivity contribution in [2.45, 2.75) is 35.4 Å². The van der Waals surface area contributed by atoms with Gasteiger partial charge in [-0.3, -0.25) is 24.1 Å². The Bertz CT molecular complexity index is 2350. The Hall–Kier alpha value is -5.45. The van der Waals surface area contributed by atoms with Gasteiger partial charge in [0.1, 0.15) is 23.1 Å². The van der Waals surface area contributed by atoms with E-state index in [-0.39, 0.29) is 30.2 Å². The third-order valence-corrected chi connectivity index (χ3v) is 12.9. The van der Waals surface area contributed by atoms with Gasteiger partial charge in [0.05, 0.1) is 37.4 Å². The third-order valence-electron chi connectivity index (χ3n) is 11.5. The minimum atomic E-state index is -2.07. The van der Waals surface area contributed by atoms with E-state index in [1.165, 1.54) is 23.1 Å². The van der Waals surface area contributed by atoms with Crippen LogP contribution in [0, 0.1) is 30.5 Å². The number of carbonyl (C=O) groups excluding carboxylic acids is 4. The van der Waals surface area contributed by atoms with E-state index < -0.39 is 57.0 Å². The van der Waals surface area contributed by atoms with Gasteiger partial charge in [-0.2, -0.15) is 0 Å². The van der Waals surface area contributed by atoms with Gasteiger partial charge in [0, 0.05) is 11.5 Å². The van der Waals surface area contributed by atoms with Crippen LogP contribution < -0.4 is 19.3 Å². The molecule has 4 aromatic rings. The van der Waals surface area contributed by atoms with Crippen LogP contribution in [0.3, 0.4) is 0 Å². The number of phenolic OH excluding ortho intramolecular Hbond substituents is 1. The number of imide groups is 2. The number of phenols is 1. The van der Waals surface area contributed by atoms with Crippen molar-refractivity contribution in [3.05, 3.63) is 125 Å². The number of amides is 4. The van der Waals surface area contributed by atoms with Crippen molar-refractivity contribution >= 4 is 70.4 Å². The molecular formula is C43H35Cl2FN2O7. The highest BCUT2D eigenvalue weighted by molar-refractivity contribution is 6.58. The van der Waals surface area contributed by atoms with Crippen molar-refractivity contribution in [3.8, 4) is 17.2 Å². The first-order valence-corrected chi connectivity index (χ1v) is 18.5. The van der Waals surface area contributed by atoms with Gasteiger partial charge in [-0.05, 0) is 103 Å². The number of halogens is 3. The molecule has 0 radical (unpaired) electrons. The summed E-state index contributed by atoms with van der Waals surface area (Å²) >= 11 is 14.9. The fourth-order valence-electron chi connectivity index (χ4n) is 8.78. The van der Waals surface area contributed by atoms with Gasteiger partial charge in [-0.15, -0.1) is 23.2 Å². The number of rotatable bonds is 7. The first-order chi connectivity index (χ1) is 26.3. The first kappa shape index (κ1) is 36.5. The highest BCUT2D eigenvalue weighted by Gasteiger charge is 2.76. The SMILES string of the molecule is COc1ccc(OC)c(C=Cc2ccc(N3C(=O)[C@H]4[C@H](CC=C5[C@H]4C[C@@]4(Cl)C(=O)N(c6ccc(F)cc6)C(=O)[C@@]4(Cl)[C@H]5c4ccc(O)c(C)c4)C3=O)cc2)c1. The van der Waals surface area contributed by atoms with E-state index in [9.17, 15) is 28.7 Å². The number of methoxy groups -OCH3 is 2. The maximum atomic E-state index is 14.5. The molecule has 2 aliphatic carbocycles. The number of alkyl halides is 2. The molecule has 280 valence electrons. The average Bonchev–Trinajstić information content (AvgIpc) is 3.52.